The van der Waals surface area contributed by atoms with Crippen molar-refractivity contribution in [2.24, 2.45) is 11.3 Å². The van der Waals surface area contributed by atoms with Gasteiger partial charge < -0.3 is 4.90 Å². The molecule has 12 heavy (non-hydrogen) atoms. The van der Waals surface area contributed by atoms with E-state index >= 15 is 0 Å². The van der Waals surface area contributed by atoms with Crippen LogP contribution in [0.25, 0.3) is 0 Å². The normalized spacial score (nSPS) is 43.7. The first kappa shape index (κ1) is 6.93. The van der Waals surface area contributed by atoms with E-state index in [1.165, 1.54) is 32.1 Å². The van der Waals surface area contributed by atoms with Crippen molar-refractivity contribution in [3.63, 3.8) is 0 Å². The molecular weight excluding hydrogens is 150 g/mol. The molecule has 0 unspecified atom stereocenters. The van der Waals surface area contributed by atoms with Crippen LogP contribution in [0, 0.1) is 11.3 Å². The van der Waals surface area contributed by atoms with E-state index in [1.54, 1.807) is 0 Å². The first-order valence-electron chi connectivity index (χ1n) is 5.10. The summed E-state index contributed by atoms with van der Waals surface area (Å²) in [6, 6.07) is 0. The molecule has 3 saturated carbocycles. The zero-order valence-corrected chi connectivity index (χ0v) is 7.38. The second-order valence-electron chi connectivity index (χ2n) is 4.76. The van der Waals surface area contributed by atoms with Gasteiger partial charge in [-0.3, -0.25) is 4.79 Å². The van der Waals surface area contributed by atoms with Crippen molar-refractivity contribution < 1.29 is 4.79 Å². The van der Waals surface area contributed by atoms with Crippen LogP contribution in [-0.2, 0) is 4.79 Å². The largest absolute Gasteiger partial charge is 0.342 e. The molecule has 0 aromatic heterocycles. The summed E-state index contributed by atoms with van der Waals surface area (Å²) in [6.07, 6.45) is 6.09. The molecule has 4 aliphatic rings. The molecule has 2 bridgehead atoms. The lowest BCUT2D eigenvalue weighted by molar-refractivity contribution is -0.175. The number of hydrogen-bond acceptors (Lipinski definition) is 1. The Balaban J connectivity index is 1.71. The summed E-state index contributed by atoms with van der Waals surface area (Å²) in [5.41, 5.74) is 0.176. The smallest absolute Gasteiger partial charge is 0.228 e. The van der Waals surface area contributed by atoms with Crippen LogP contribution >= 0.6 is 0 Å². The number of rotatable bonds is 1. The van der Waals surface area contributed by atoms with Gasteiger partial charge in [0, 0.05) is 13.1 Å². The van der Waals surface area contributed by atoms with Crippen LogP contribution in [0.15, 0.2) is 0 Å². The number of likely N-dealkylation sites (tertiary alicyclic amines) is 1. The summed E-state index contributed by atoms with van der Waals surface area (Å²) < 4.78 is 0. The van der Waals surface area contributed by atoms with Crippen LogP contribution in [0.2, 0.25) is 0 Å². The van der Waals surface area contributed by atoms with Crippen LogP contribution in [-0.4, -0.2) is 23.9 Å². The molecule has 2 heteroatoms. The maximum absolute atomic E-state index is 11.9. The quantitative estimate of drug-likeness (QED) is 0.575. The molecule has 3 aliphatic carbocycles. The number of carbonyl (C=O) groups is 1. The molecule has 2 nitrogen and oxygen atoms in total. The van der Waals surface area contributed by atoms with Crippen molar-refractivity contribution in [2.45, 2.75) is 32.1 Å². The monoisotopic (exact) mass is 165 g/mol. The SMILES string of the molecule is O=C(N1CCCC1)C12CC(C1)C2. The van der Waals surface area contributed by atoms with E-state index in [0.717, 1.165) is 19.0 Å². The lowest BCUT2D eigenvalue weighted by Gasteiger charge is -2.61. The Morgan fingerprint density at radius 2 is 1.75 bits per heavy atom. The molecule has 66 valence electrons. The van der Waals surface area contributed by atoms with Gasteiger partial charge in [0.2, 0.25) is 5.91 Å². The van der Waals surface area contributed by atoms with Gasteiger partial charge in [-0.25, -0.2) is 0 Å². The molecular formula is C10H15NO. The minimum atomic E-state index is 0.176. The van der Waals surface area contributed by atoms with Crippen LogP contribution in [0.3, 0.4) is 0 Å². The zero-order chi connectivity index (χ0) is 8.18. The van der Waals surface area contributed by atoms with E-state index in [1.807, 2.05) is 0 Å². The standard InChI is InChI=1S/C10H15NO/c12-9(11-3-1-2-4-11)10-5-8(6-10)7-10/h8H,1-7H2. The van der Waals surface area contributed by atoms with Gasteiger partial charge in [-0.15, -0.1) is 0 Å². The fourth-order valence-electron chi connectivity index (χ4n) is 3.00. The van der Waals surface area contributed by atoms with Gasteiger partial charge in [0.1, 0.15) is 0 Å². The Morgan fingerprint density at radius 3 is 2.17 bits per heavy atom. The zero-order valence-electron chi connectivity index (χ0n) is 7.38. The summed E-state index contributed by atoms with van der Waals surface area (Å²) in [7, 11) is 0. The minimum Gasteiger partial charge on any atom is -0.342 e. The average molecular weight is 165 g/mol. The van der Waals surface area contributed by atoms with Gasteiger partial charge >= 0.3 is 0 Å². The predicted molar refractivity (Wildman–Crippen MR) is 45.6 cm³/mol. The maximum Gasteiger partial charge on any atom is 0.228 e. The van der Waals surface area contributed by atoms with Gasteiger partial charge in [-0.1, -0.05) is 0 Å². The average Bonchev–Trinajstić information content (AvgIpc) is 2.28. The maximum atomic E-state index is 11.9. The number of amides is 1. The summed E-state index contributed by atoms with van der Waals surface area (Å²) in [5.74, 6) is 1.42. The van der Waals surface area contributed by atoms with Crippen molar-refractivity contribution in [1.82, 2.24) is 4.90 Å². The van der Waals surface area contributed by atoms with E-state index in [4.69, 9.17) is 0 Å². The highest BCUT2D eigenvalue weighted by Crippen LogP contribution is 2.65. The van der Waals surface area contributed by atoms with Crippen molar-refractivity contribution in [1.29, 1.82) is 0 Å². The Labute approximate surface area is 72.9 Å². The number of hydrogen-bond donors (Lipinski definition) is 0. The molecule has 0 N–H and O–H groups in total. The topological polar surface area (TPSA) is 20.3 Å². The second kappa shape index (κ2) is 2.04. The van der Waals surface area contributed by atoms with Gasteiger partial charge in [-0.05, 0) is 38.0 Å². The van der Waals surface area contributed by atoms with Crippen LogP contribution < -0.4 is 0 Å². The fourth-order valence-corrected chi connectivity index (χ4v) is 3.00. The highest BCUT2D eigenvalue weighted by atomic mass is 16.2. The predicted octanol–water partition coefficient (Wildman–Crippen LogP) is 1.41. The first-order valence-corrected chi connectivity index (χ1v) is 5.10. The molecule has 0 spiro atoms. The third-order valence-corrected chi connectivity index (χ3v) is 3.89. The van der Waals surface area contributed by atoms with Crippen molar-refractivity contribution in [3.8, 4) is 0 Å². The van der Waals surface area contributed by atoms with Crippen LogP contribution in [0.1, 0.15) is 32.1 Å². The highest BCUT2D eigenvalue weighted by molar-refractivity contribution is 5.86. The minimum absolute atomic E-state index is 0.176. The number of carbonyl (C=O) groups excluding carboxylic acids is 1. The molecule has 0 aromatic rings. The van der Waals surface area contributed by atoms with Crippen molar-refractivity contribution >= 4 is 5.91 Å². The van der Waals surface area contributed by atoms with Gasteiger partial charge in [0.25, 0.3) is 0 Å². The van der Waals surface area contributed by atoms with E-state index < -0.39 is 0 Å². The third kappa shape index (κ3) is 0.686. The van der Waals surface area contributed by atoms with E-state index in [0.29, 0.717) is 5.91 Å². The van der Waals surface area contributed by atoms with Crippen LogP contribution in [0.4, 0.5) is 0 Å². The second-order valence-corrected chi connectivity index (χ2v) is 4.76. The highest BCUT2D eigenvalue weighted by Gasteiger charge is 2.62. The van der Waals surface area contributed by atoms with Crippen molar-refractivity contribution in [3.05, 3.63) is 0 Å². The Kier molecular flexibility index (Phi) is 1.18. The molecule has 1 saturated heterocycles. The van der Waals surface area contributed by atoms with Gasteiger partial charge in [0.05, 0.1) is 5.41 Å². The summed E-state index contributed by atoms with van der Waals surface area (Å²) >= 11 is 0. The lowest BCUT2D eigenvalue weighted by Crippen LogP contribution is -2.60. The molecule has 0 aromatic carbocycles. The molecule has 0 atom stereocenters. The van der Waals surface area contributed by atoms with Crippen molar-refractivity contribution in [2.75, 3.05) is 13.1 Å². The Bertz CT molecular complexity index is 213. The fraction of sp³-hybridized carbons (Fsp3) is 0.900. The molecule has 1 heterocycles. The summed E-state index contributed by atoms with van der Waals surface area (Å²) in [4.78, 5) is 14.0. The molecule has 0 radical (unpaired) electrons. The van der Waals surface area contributed by atoms with E-state index in [2.05, 4.69) is 4.90 Å². The third-order valence-electron chi connectivity index (χ3n) is 3.89. The molecule has 4 rings (SSSR count). The van der Waals surface area contributed by atoms with Crippen LogP contribution in [0.5, 0.6) is 0 Å². The summed E-state index contributed by atoms with van der Waals surface area (Å²) in [5, 5.41) is 0. The molecule has 4 fully saturated rings. The Hall–Kier alpha value is -0.530. The lowest BCUT2D eigenvalue weighted by atomic mass is 9.44. The number of nitrogens with zero attached hydrogens (tertiary/aromatic N) is 1. The molecule has 1 aliphatic heterocycles. The molecule has 1 amide bonds. The summed E-state index contributed by atoms with van der Waals surface area (Å²) in [6.45, 7) is 2.07. The van der Waals surface area contributed by atoms with E-state index in [-0.39, 0.29) is 5.41 Å². The van der Waals surface area contributed by atoms with E-state index in [9.17, 15) is 4.79 Å². The van der Waals surface area contributed by atoms with Gasteiger partial charge in [0.15, 0.2) is 0 Å². The van der Waals surface area contributed by atoms with Gasteiger partial charge in [-0.2, -0.15) is 0 Å². The first-order chi connectivity index (χ1) is 5.80. The Morgan fingerprint density at radius 1 is 1.17 bits per heavy atom.